The third-order valence-electron chi connectivity index (χ3n) is 10.4. The molecule has 0 spiro atoms. The number of carbonyl (C=O) groups is 1. The van der Waals surface area contributed by atoms with Crippen molar-refractivity contribution in [2.75, 3.05) is 4.90 Å². The van der Waals surface area contributed by atoms with Gasteiger partial charge in [-0.3, -0.25) is 9.59 Å². The summed E-state index contributed by atoms with van der Waals surface area (Å²) >= 11 is 0. The van der Waals surface area contributed by atoms with Crippen molar-refractivity contribution in [3.05, 3.63) is 132 Å². The van der Waals surface area contributed by atoms with E-state index in [9.17, 15) is 9.59 Å². The fourth-order valence-electron chi connectivity index (χ4n) is 8.17. The minimum absolute atomic E-state index is 0.00690. The first-order valence-electron chi connectivity index (χ1n) is 16.3. The van der Waals surface area contributed by atoms with E-state index in [1.165, 1.54) is 16.7 Å². The van der Waals surface area contributed by atoms with E-state index in [1.54, 1.807) is 0 Å². The monoisotopic (exact) mass is 606 g/mol. The first-order valence-corrected chi connectivity index (χ1v) is 16.3. The summed E-state index contributed by atoms with van der Waals surface area (Å²) in [6.45, 7) is 21.2. The number of benzene rings is 4. The third kappa shape index (κ3) is 4.34. The van der Waals surface area contributed by atoms with Crippen molar-refractivity contribution < 1.29 is 4.79 Å². The topological polar surface area (TPSA) is 42.3 Å². The third-order valence-corrected chi connectivity index (χ3v) is 10.4. The van der Waals surface area contributed by atoms with E-state index in [4.69, 9.17) is 0 Å². The molecule has 0 bridgehead atoms. The number of Topliss-reactive ketones (excluding diaryl/α,β-unsaturated/α-hetero) is 1. The molecule has 0 saturated heterocycles. The summed E-state index contributed by atoms with van der Waals surface area (Å²) in [5.74, 6) is -0.234. The number of pyridine rings is 1. The van der Waals surface area contributed by atoms with E-state index in [2.05, 4.69) is 121 Å². The van der Waals surface area contributed by atoms with Gasteiger partial charge in [-0.25, -0.2) is 0 Å². The summed E-state index contributed by atoms with van der Waals surface area (Å²) in [5, 5.41) is 1.31. The second-order valence-corrected chi connectivity index (χ2v) is 13.9. The van der Waals surface area contributed by atoms with Crippen LogP contribution in [0.5, 0.6) is 0 Å². The van der Waals surface area contributed by atoms with Crippen LogP contribution in [0.4, 0.5) is 11.4 Å². The van der Waals surface area contributed by atoms with Crippen LogP contribution >= 0.6 is 0 Å². The molecule has 4 nitrogen and oxygen atoms in total. The number of carbonyl (C=O) groups excluding carboxylic acids is 1. The molecule has 0 fully saturated rings. The molecule has 2 aliphatic rings. The maximum absolute atomic E-state index is 14.6. The summed E-state index contributed by atoms with van der Waals surface area (Å²) in [5.41, 5.74) is 16.7. The Hall–Kier alpha value is -4.70. The van der Waals surface area contributed by atoms with Crippen LogP contribution in [0.15, 0.2) is 76.6 Å². The molecule has 5 aromatic rings. The molecule has 46 heavy (non-hydrogen) atoms. The minimum Gasteiger partial charge on any atom is -0.332 e. The van der Waals surface area contributed by atoms with Crippen LogP contribution in [0.25, 0.3) is 27.5 Å². The van der Waals surface area contributed by atoms with Crippen LogP contribution < -0.4 is 10.3 Å². The number of ketones is 1. The molecule has 4 heteroatoms. The van der Waals surface area contributed by atoms with Gasteiger partial charge in [0.1, 0.15) is 0 Å². The summed E-state index contributed by atoms with van der Waals surface area (Å²) in [6.07, 6.45) is 4.39. The van der Waals surface area contributed by atoms with Gasteiger partial charge < -0.3 is 9.47 Å². The number of hydrogen-bond donors (Lipinski definition) is 0. The van der Waals surface area contributed by atoms with Crippen molar-refractivity contribution in [1.29, 1.82) is 0 Å². The highest BCUT2D eigenvalue weighted by Gasteiger charge is 2.42. The lowest BCUT2D eigenvalue weighted by Gasteiger charge is -2.44. The normalized spacial score (nSPS) is 17.7. The Morgan fingerprint density at radius 3 is 1.63 bits per heavy atom. The van der Waals surface area contributed by atoms with E-state index in [0.717, 1.165) is 67.0 Å². The molecule has 2 unspecified atom stereocenters. The highest BCUT2D eigenvalue weighted by molar-refractivity contribution is 6.12. The molecule has 1 aliphatic carbocycles. The maximum Gasteiger partial charge on any atom is 0.197 e. The zero-order chi connectivity index (χ0) is 32.9. The standard InChI is InChI=1S/C42H42N2O2/c1-21-11-27(7)39(28(8)12-21)43-35-17-25(5)23(3)15-31(35)41(45)33-20-38-34(19-37(33)43)42(46)32-16-24(4)26(6)18-36(32)44(38)40-29(9)13-22(2)14-30(40)10/h11-20,31,35H,1-10H3. The van der Waals surface area contributed by atoms with E-state index < -0.39 is 0 Å². The van der Waals surface area contributed by atoms with Crippen LogP contribution in [0.1, 0.15) is 68.7 Å². The molecule has 7 rings (SSSR count). The van der Waals surface area contributed by atoms with Gasteiger partial charge in [-0.05, 0) is 127 Å². The Morgan fingerprint density at radius 1 is 0.522 bits per heavy atom. The Labute approximate surface area is 271 Å². The lowest BCUT2D eigenvalue weighted by Crippen LogP contribution is -2.46. The van der Waals surface area contributed by atoms with Crippen LogP contribution in [0, 0.1) is 61.3 Å². The molecule has 0 N–H and O–H groups in total. The number of aryl methyl sites for hydroxylation is 8. The molecule has 4 aromatic carbocycles. The first kappa shape index (κ1) is 30.0. The van der Waals surface area contributed by atoms with E-state index in [0.29, 0.717) is 16.3 Å². The van der Waals surface area contributed by atoms with Gasteiger partial charge in [0.25, 0.3) is 0 Å². The van der Waals surface area contributed by atoms with E-state index in [-0.39, 0.29) is 23.2 Å². The average molecular weight is 607 g/mol. The molecule has 1 aromatic heterocycles. The van der Waals surface area contributed by atoms with Crippen LogP contribution in [-0.4, -0.2) is 16.4 Å². The molecular weight excluding hydrogens is 564 g/mol. The molecule has 232 valence electrons. The Kier molecular flexibility index (Phi) is 6.79. The van der Waals surface area contributed by atoms with Crippen molar-refractivity contribution in [3.63, 3.8) is 0 Å². The van der Waals surface area contributed by atoms with Crippen molar-refractivity contribution >= 4 is 39.0 Å². The summed E-state index contributed by atoms with van der Waals surface area (Å²) < 4.78 is 2.24. The van der Waals surface area contributed by atoms with Crippen LogP contribution in [-0.2, 0) is 0 Å². The molecule has 0 saturated carbocycles. The fourth-order valence-corrected chi connectivity index (χ4v) is 8.17. The van der Waals surface area contributed by atoms with Gasteiger partial charge in [0, 0.05) is 22.0 Å². The number of hydrogen-bond acceptors (Lipinski definition) is 3. The zero-order valence-corrected chi connectivity index (χ0v) is 28.6. The van der Waals surface area contributed by atoms with Gasteiger partial charge in [0.15, 0.2) is 11.2 Å². The predicted octanol–water partition coefficient (Wildman–Crippen LogP) is 9.84. The number of nitrogens with zero attached hydrogens (tertiary/aromatic N) is 2. The summed E-state index contributed by atoms with van der Waals surface area (Å²) in [7, 11) is 0. The fraction of sp³-hybridized carbons (Fsp3) is 0.286. The smallest absolute Gasteiger partial charge is 0.197 e. The Balaban J connectivity index is 1.67. The quantitative estimate of drug-likeness (QED) is 0.188. The second kappa shape index (κ2) is 10.4. The van der Waals surface area contributed by atoms with Gasteiger partial charge in [-0.15, -0.1) is 0 Å². The molecule has 2 atom stereocenters. The van der Waals surface area contributed by atoms with Crippen LogP contribution in [0.2, 0.25) is 0 Å². The van der Waals surface area contributed by atoms with Gasteiger partial charge in [0.2, 0.25) is 0 Å². The van der Waals surface area contributed by atoms with Crippen LogP contribution in [0.3, 0.4) is 0 Å². The summed E-state index contributed by atoms with van der Waals surface area (Å²) in [4.78, 5) is 31.6. The highest BCUT2D eigenvalue weighted by Crippen LogP contribution is 2.47. The lowest BCUT2D eigenvalue weighted by atomic mass is 9.77. The van der Waals surface area contributed by atoms with Crippen molar-refractivity contribution in [1.82, 2.24) is 4.57 Å². The van der Waals surface area contributed by atoms with Gasteiger partial charge in [-0.2, -0.15) is 0 Å². The number of fused-ring (bicyclic) bond motifs is 4. The van der Waals surface area contributed by atoms with E-state index >= 15 is 0 Å². The summed E-state index contributed by atoms with van der Waals surface area (Å²) in [6, 6.07) is 16.8. The highest BCUT2D eigenvalue weighted by atomic mass is 16.1. The van der Waals surface area contributed by atoms with Gasteiger partial charge in [0.05, 0.1) is 34.4 Å². The number of rotatable bonds is 2. The molecular formula is C42H42N2O2. The molecule has 0 radical (unpaired) electrons. The zero-order valence-electron chi connectivity index (χ0n) is 28.6. The van der Waals surface area contributed by atoms with Gasteiger partial charge in [-0.1, -0.05) is 58.7 Å². The van der Waals surface area contributed by atoms with Crippen molar-refractivity contribution in [2.45, 2.75) is 75.3 Å². The predicted molar refractivity (Wildman–Crippen MR) is 193 cm³/mol. The number of anilines is 2. The second-order valence-electron chi connectivity index (χ2n) is 13.9. The first-order chi connectivity index (χ1) is 21.8. The average Bonchev–Trinajstić information content (AvgIpc) is 2.97. The minimum atomic E-state index is -0.331. The number of aromatic nitrogens is 1. The van der Waals surface area contributed by atoms with Crippen molar-refractivity contribution in [2.24, 2.45) is 5.92 Å². The maximum atomic E-state index is 14.6. The molecule has 1 aliphatic heterocycles. The molecule has 2 heterocycles. The Bertz CT molecular complexity index is 2270. The van der Waals surface area contributed by atoms with Crippen molar-refractivity contribution in [3.8, 4) is 5.69 Å². The van der Waals surface area contributed by atoms with Gasteiger partial charge >= 0.3 is 0 Å². The Morgan fingerprint density at radius 2 is 1.02 bits per heavy atom. The largest absolute Gasteiger partial charge is 0.332 e. The number of allylic oxidation sites excluding steroid dienone is 2. The SMILES string of the molecule is CC1=CC2C(=O)c3cc4c(cc3N(c3c(C)cc(C)cc3C)C2C=C1C)c(=O)c1cc(C)c(C)cc1n4-c1c(C)cc(C)cc1C. The lowest BCUT2D eigenvalue weighted by molar-refractivity contribution is 0.0930. The molecule has 0 amide bonds. The van der Waals surface area contributed by atoms with E-state index in [1.807, 2.05) is 18.2 Å².